The molecule has 6 nitrogen and oxygen atoms in total. The summed E-state index contributed by atoms with van der Waals surface area (Å²) in [5, 5.41) is 3.83. The molecule has 3 aromatic carbocycles. The van der Waals surface area contributed by atoms with E-state index in [9.17, 15) is 8.42 Å². The van der Waals surface area contributed by atoms with Gasteiger partial charge in [0.25, 0.3) is 0 Å². The fraction of sp³-hybridized carbons (Fsp3) is 0.240. The van der Waals surface area contributed by atoms with Gasteiger partial charge in [-0.15, -0.1) is 0 Å². The molecule has 32 heavy (non-hydrogen) atoms. The van der Waals surface area contributed by atoms with Crippen LogP contribution in [0.3, 0.4) is 0 Å². The topological polar surface area (TPSA) is 91.0 Å². The second kappa shape index (κ2) is 9.97. The maximum atomic E-state index is 12.4. The van der Waals surface area contributed by atoms with E-state index < -0.39 is 10.1 Å². The molecule has 0 saturated carbocycles. The second-order valence-corrected chi connectivity index (χ2v) is 9.29. The lowest BCUT2D eigenvalue weighted by molar-refractivity contribution is 0.305. The molecule has 0 aromatic heterocycles. The average Bonchev–Trinajstić information content (AvgIpc) is 2.83. The highest BCUT2D eigenvalue weighted by molar-refractivity contribution is 7.86. The van der Waals surface area contributed by atoms with Crippen molar-refractivity contribution in [3.63, 3.8) is 0 Å². The molecule has 0 saturated heterocycles. The number of oxime groups is 1. The SMILES string of the molecule is NCc1ccc(S(=O)(=O)ON=CC2CCCc3ccc(OCc4ccccc4)cc32)cc1. The molecule has 1 aliphatic rings. The molecule has 0 spiro atoms. The molecule has 7 heteroatoms. The molecule has 0 amide bonds. The van der Waals surface area contributed by atoms with Crippen LogP contribution in [0, 0.1) is 0 Å². The number of benzene rings is 3. The van der Waals surface area contributed by atoms with Crippen molar-refractivity contribution in [3.05, 3.63) is 95.1 Å². The minimum Gasteiger partial charge on any atom is -0.489 e. The summed E-state index contributed by atoms with van der Waals surface area (Å²) in [7, 11) is -3.97. The van der Waals surface area contributed by atoms with Gasteiger partial charge >= 0.3 is 10.1 Å². The molecular formula is C25H26N2O4S. The summed E-state index contributed by atoms with van der Waals surface area (Å²) in [6.45, 7) is 0.833. The third-order valence-electron chi connectivity index (χ3n) is 5.56. The highest BCUT2D eigenvalue weighted by Gasteiger charge is 2.21. The van der Waals surface area contributed by atoms with Crippen molar-refractivity contribution in [2.75, 3.05) is 0 Å². The summed E-state index contributed by atoms with van der Waals surface area (Å²) in [6.07, 6.45) is 4.42. The first-order valence-electron chi connectivity index (χ1n) is 10.6. The Labute approximate surface area is 188 Å². The van der Waals surface area contributed by atoms with Gasteiger partial charge in [-0.2, -0.15) is 8.42 Å². The van der Waals surface area contributed by atoms with Crippen molar-refractivity contribution in [3.8, 4) is 5.75 Å². The van der Waals surface area contributed by atoms with Gasteiger partial charge in [-0.05, 0) is 65.8 Å². The molecule has 4 rings (SSSR count). The van der Waals surface area contributed by atoms with Gasteiger partial charge in [0.05, 0.1) is 6.21 Å². The van der Waals surface area contributed by atoms with Crippen molar-refractivity contribution in [2.24, 2.45) is 10.9 Å². The molecule has 0 fully saturated rings. The molecule has 0 bridgehead atoms. The average molecular weight is 451 g/mol. The van der Waals surface area contributed by atoms with Crippen LogP contribution in [0.1, 0.15) is 41.0 Å². The van der Waals surface area contributed by atoms with Crippen LogP contribution >= 0.6 is 0 Å². The summed E-state index contributed by atoms with van der Waals surface area (Å²) in [6, 6.07) is 22.3. The largest absolute Gasteiger partial charge is 0.489 e. The highest BCUT2D eigenvalue weighted by Crippen LogP contribution is 2.33. The zero-order chi connectivity index (χ0) is 22.4. The summed E-state index contributed by atoms with van der Waals surface area (Å²) in [4.78, 5) is 0.0486. The lowest BCUT2D eigenvalue weighted by Gasteiger charge is -2.23. The van der Waals surface area contributed by atoms with Crippen LogP contribution in [0.25, 0.3) is 0 Å². The molecule has 0 aliphatic heterocycles. The zero-order valence-electron chi connectivity index (χ0n) is 17.7. The van der Waals surface area contributed by atoms with E-state index in [1.165, 1.54) is 17.7 Å². The molecule has 2 N–H and O–H groups in total. The molecule has 0 heterocycles. The number of hydrogen-bond donors (Lipinski definition) is 1. The van der Waals surface area contributed by atoms with Crippen LogP contribution in [0.15, 0.2) is 82.8 Å². The minimum atomic E-state index is -3.97. The van der Waals surface area contributed by atoms with Gasteiger partial charge in [-0.25, -0.2) is 0 Å². The fourth-order valence-electron chi connectivity index (χ4n) is 3.79. The Bertz CT molecular complexity index is 1180. The number of ether oxygens (including phenoxy) is 1. The van der Waals surface area contributed by atoms with E-state index >= 15 is 0 Å². The number of nitrogens with two attached hydrogens (primary N) is 1. The fourth-order valence-corrected chi connectivity index (χ4v) is 4.51. The zero-order valence-corrected chi connectivity index (χ0v) is 18.5. The molecule has 1 aliphatic carbocycles. The van der Waals surface area contributed by atoms with Crippen LogP contribution in [-0.4, -0.2) is 14.6 Å². The Morgan fingerprint density at radius 2 is 1.78 bits per heavy atom. The number of rotatable bonds is 8. The van der Waals surface area contributed by atoms with Crippen LogP contribution in [-0.2, 0) is 34.0 Å². The summed E-state index contributed by atoms with van der Waals surface area (Å²) in [5.74, 6) is 0.746. The molecular weight excluding hydrogens is 424 g/mol. The Morgan fingerprint density at radius 3 is 2.53 bits per heavy atom. The van der Waals surface area contributed by atoms with E-state index in [0.29, 0.717) is 13.2 Å². The Balaban J connectivity index is 1.45. The normalized spacial score (nSPS) is 16.0. The van der Waals surface area contributed by atoms with E-state index in [2.05, 4.69) is 11.2 Å². The maximum absolute atomic E-state index is 12.4. The van der Waals surface area contributed by atoms with Crippen molar-refractivity contribution in [1.82, 2.24) is 0 Å². The highest BCUT2D eigenvalue weighted by atomic mass is 32.2. The minimum absolute atomic E-state index is 0.0335. The van der Waals surface area contributed by atoms with Crippen molar-refractivity contribution in [1.29, 1.82) is 0 Å². The van der Waals surface area contributed by atoms with Crippen molar-refractivity contribution < 1.29 is 17.4 Å². The maximum Gasteiger partial charge on any atom is 0.358 e. The quantitative estimate of drug-likeness (QED) is 0.402. The third-order valence-corrected chi connectivity index (χ3v) is 6.69. The van der Waals surface area contributed by atoms with E-state index in [1.807, 2.05) is 42.5 Å². The Morgan fingerprint density at radius 1 is 1.00 bits per heavy atom. The smallest absolute Gasteiger partial charge is 0.358 e. The van der Waals surface area contributed by atoms with E-state index in [0.717, 1.165) is 41.7 Å². The van der Waals surface area contributed by atoms with E-state index in [1.54, 1.807) is 18.3 Å². The van der Waals surface area contributed by atoms with Gasteiger partial charge in [-0.1, -0.05) is 53.7 Å². The summed E-state index contributed by atoms with van der Waals surface area (Å²) in [5.41, 5.74) is 9.82. The Kier molecular flexibility index (Phi) is 6.87. The molecule has 0 radical (unpaired) electrons. The first-order chi connectivity index (χ1) is 15.5. The molecule has 1 atom stereocenters. The predicted molar refractivity (Wildman–Crippen MR) is 124 cm³/mol. The molecule has 166 valence electrons. The second-order valence-electron chi connectivity index (χ2n) is 7.76. The van der Waals surface area contributed by atoms with Gasteiger partial charge in [0.2, 0.25) is 0 Å². The van der Waals surface area contributed by atoms with Crippen LogP contribution in [0.2, 0.25) is 0 Å². The van der Waals surface area contributed by atoms with E-state index in [4.69, 9.17) is 14.8 Å². The van der Waals surface area contributed by atoms with Gasteiger partial charge < -0.3 is 10.5 Å². The van der Waals surface area contributed by atoms with Gasteiger partial charge in [0.15, 0.2) is 0 Å². The summed E-state index contributed by atoms with van der Waals surface area (Å²) < 4.78 is 35.7. The third kappa shape index (κ3) is 5.36. The monoisotopic (exact) mass is 450 g/mol. The Hall–Kier alpha value is -3.16. The molecule has 3 aromatic rings. The molecule has 1 unspecified atom stereocenters. The van der Waals surface area contributed by atoms with Gasteiger partial charge in [0.1, 0.15) is 17.3 Å². The van der Waals surface area contributed by atoms with Crippen LogP contribution < -0.4 is 10.5 Å². The first kappa shape index (κ1) is 22.0. The van der Waals surface area contributed by atoms with Crippen molar-refractivity contribution >= 4 is 16.3 Å². The van der Waals surface area contributed by atoms with Gasteiger partial charge in [-0.3, -0.25) is 4.28 Å². The lowest BCUT2D eigenvalue weighted by atomic mass is 9.83. The van der Waals surface area contributed by atoms with E-state index in [-0.39, 0.29) is 10.8 Å². The first-order valence-corrected chi connectivity index (χ1v) is 12.0. The van der Waals surface area contributed by atoms with Gasteiger partial charge in [0, 0.05) is 12.5 Å². The number of fused-ring (bicyclic) bond motifs is 1. The lowest BCUT2D eigenvalue weighted by Crippen LogP contribution is -2.12. The standard InChI is InChI=1S/C25H26N2O4S/c26-16-19-9-13-24(14-10-19)32(28,29)31-27-17-22-8-4-7-21-11-12-23(15-25(21)22)30-18-20-5-2-1-3-6-20/h1-3,5-6,9-15,17,22H,4,7-8,16,18,26H2. The number of hydrogen-bond acceptors (Lipinski definition) is 6. The van der Waals surface area contributed by atoms with Crippen LogP contribution in [0.4, 0.5) is 0 Å². The van der Waals surface area contributed by atoms with Crippen molar-refractivity contribution in [2.45, 2.75) is 43.2 Å². The van der Waals surface area contributed by atoms with Crippen LogP contribution in [0.5, 0.6) is 5.75 Å². The number of aryl methyl sites for hydroxylation is 1. The number of nitrogens with zero attached hydrogens (tertiary/aromatic N) is 1. The summed E-state index contributed by atoms with van der Waals surface area (Å²) >= 11 is 0. The predicted octanol–water partition coefficient (Wildman–Crippen LogP) is 4.54.